The molecule has 1 aromatic heterocycles. The topological polar surface area (TPSA) is 86.5 Å². The molecule has 0 saturated carbocycles. The van der Waals surface area contributed by atoms with Gasteiger partial charge >= 0.3 is 0 Å². The second-order valence-corrected chi connectivity index (χ2v) is 4.67. The number of aromatic nitrogens is 2. The third kappa shape index (κ3) is 3.08. The van der Waals surface area contributed by atoms with Crippen LogP contribution in [0.25, 0.3) is 11.4 Å². The van der Waals surface area contributed by atoms with Crippen LogP contribution in [0.5, 0.6) is 11.5 Å². The van der Waals surface area contributed by atoms with Gasteiger partial charge in [-0.3, -0.25) is 4.79 Å². The summed E-state index contributed by atoms with van der Waals surface area (Å²) >= 11 is 5.47. The van der Waals surface area contributed by atoms with Gasteiger partial charge in [-0.15, -0.1) is 11.6 Å². The molecule has 0 atom stereocenters. The van der Waals surface area contributed by atoms with Gasteiger partial charge in [0.05, 0.1) is 6.54 Å². The second-order valence-electron chi connectivity index (χ2n) is 4.30. The highest BCUT2D eigenvalue weighted by Crippen LogP contribution is 2.35. The predicted octanol–water partition coefficient (Wildman–Crippen LogP) is 1.71. The smallest absolute Gasteiger partial charge is 0.246 e. The van der Waals surface area contributed by atoms with Crippen molar-refractivity contribution in [1.29, 1.82) is 0 Å². The monoisotopic (exact) mass is 309 g/mol. The summed E-state index contributed by atoms with van der Waals surface area (Å²) in [6, 6.07) is 5.38. The van der Waals surface area contributed by atoms with Crippen LogP contribution in [0.1, 0.15) is 12.3 Å². The van der Waals surface area contributed by atoms with E-state index in [1.165, 1.54) is 0 Å². The van der Waals surface area contributed by atoms with E-state index in [1.807, 2.05) is 6.07 Å². The lowest BCUT2D eigenvalue weighted by molar-refractivity contribution is -0.120. The number of hydrogen-bond acceptors (Lipinski definition) is 6. The highest BCUT2D eigenvalue weighted by molar-refractivity contribution is 6.18. The van der Waals surface area contributed by atoms with E-state index in [0.29, 0.717) is 23.2 Å². The first-order chi connectivity index (χ1) is 10.3. The van der Waals surface area contributed by atoms with Gasteiger partial charge in [0, 0.05) is 17.9 Å². The summed E-state index contributed by atoms with van der Waals surface area (Å²) in [5.41, 5.74) is 0.751. The van der Waals surface area contributed by atoms with Crippen LogP contribution < -0.4 is 14.8 Å². The Labute approximate surface area is 125 Å². The van der Waals surface area contributed by atoms with Crippen LogP contribution in [0.3, 0.4) is 0 Å². The first kappa shape index (κ1) is 13.7. The van der Waals surface area contributed by atoms with E-state index in [9.17, 15) is 4.79 Å². The van der Waals surface area contributed by atoms with E-state index in [1.54, 1.807) is 12.1 Å². The SMILES string of the molecule is O=C(CCCl)NCc1nc(-c2ccc3c(c2)OCO3)no1. The summed E-state index contributed by atoms with van der Waals surface area (Å²) in [5.74, 6) is 2.20. The maximum absolute atomic E-state index is 11.3. The molecule has 0 fully saturated rings. The number of rotatable bonds is 5. The Morgan fingerprint density at radius 2 is 2.19 bits per heavy atom. The minimum absolute atomic E-state index is 0.159. The summed E-state index contributed by atoms with van der Waals surface area (Å²) in [7, 11) is 0. The van der Waals surface area contributed by atoms with Crippen molar-refractivity contribution in [3.8, 4) is 22.9 Å². The molecule has 8 heteroatoms. The van der Waals surface area contributed by atoms with Crippen LogP contribution in [0.2, 0.25) is 0 Å². The molecule has 2 heterocycles. The average molecular weight is 310 g/mol. The first-order valence-corrected chi connectivity index (χ1v) is 6.85. The van der Waals surface area contributed by atoms with Crippen LogP contribution >= 0.6 is 11.6 Å². The van der Waals surface area contributed by atoms with E-state index in [4.69, 9.17) is 25.6 Å². The lowest BCUT2D eigenvalue weighted by Gasteiger charge is -1.99. The zero-order chi connectivity index (χ0) is 14.7. The first-order valence-electron chi connectivity index (χ1n) is 6.31. The molecule has 0 saturated heterocycles. The van der Waals surface area contributed by atoms with Gasteiger partial charge in [0.2, 0.25) is 24.4 Å². The fraction of sp³-hybridized carbons (Fsp3) is 0.308. The number of halogens is 1. The maximum atomic E-state index is 11.3. The van der Waals surface area contributed by atoms with Crippen LogP contribution in [0, 0.1) is 0 Å². The molecule has 0 aliphatic carbocycles. The number of carbonyl (C=O) groups excluding carboxylic acids is 1. The van der Waals surface area contributed by atoms with Gasteiger partial charge in [-0.05, 0) is 18.2 Å². The van der Waals surface area contributed by atoms with Crippen molar-refractivity contribution < 1.29 is 18.8 Å². The Morgan fingerprint density at radius 1 is 1.33 bits per heavy atom. The fourth-order valence-electron chi connectivity index (χ4n) is 1.83. The number of nitrogens with zero attached hydrogens (tertiary/aromatic N) is 2. The molecule has 2 aromatic rings. The summed E-state index contributed by atoms with van der Waals surface area (Å²) in [4.78, 5) is 15.5. The van der Waals surface area contributed by atoms with Crippen LogP contribution in [0.4, 0.5) is 0 Å². The minimum Gasteiger partial charge on any atom is -0.454 e. The molecule has 21 heavy (non-hydrogen) atoms. The van der Waals surface area contributed by atoms with Crippen molar-refractivity contribution in [2.75, 3.05) is 12.7 Å². The van der Waals surface area contributed by atoms with Gasteiger partial charge in [-0.1, -0.05) is 5.16 Å². The van der Waals surface area contributed by atoms with Gasteiger partial charge in [-0.25, -0.2) is 0 Å². The van der Waals surface area contributed by atoms with Gasteiger partial charge in [0.15, 0.2) is 11.5 Å². The highest BCUT2D eigenvalue weighted by Gasteiger charge is 2.16. The standard InChI is InChI=1S/C13H12ClN3O4/c14-4-3-11(18)15-6-12-16-13(17-21-12)8-1-2-9-10(5-8)20-7-19-9/h1-2,5H,3-4,6-7H2,(H,15,18). The summed E-state index contributed by atoms with van der Waals surface area (Å²) in [6.07, 6.45) is 0.255. The normalized spacial score (nSPS) is 12.4. The Hall–Kier alpha value is -2.28. The molecule has 0 bridgehead atoms. The number of benzene rings is 1. The zero-order valence-electron chi connectivity index (χ0n) is 11.0. The molecular formula is C13H12ClN3O4. The van der Waals surface area contributed by atoms with Crippen molar-refractivity contribution in [2.24, 2.45) is 0 Å². The molecule has 0 unspecified atom stereocenters. The summed E-state index contributed by atoms with van der Waals surface area (Å²) in [5, 5.41) is 6.52. The second kappa shape index (κ2) is 6.01. The van der Waals surface area contributed by atoms with Gasteiger partial charge in [-0.2, -0.15) is 4.98 Å². The van der Waals surface area contributed by atoms with Gasteiger partial charge < -0.3 is 19.3 Å². The Morgan fingerprint density at radius 3 is 3.05 bits per heavy atom. The minimum atomic E-state index is -0.159. The largest absolute Gasteiger partial charge is 0.454 e. The summed E-state index contributed by atoms with van der Waals surface area (Å²) in [6.45, 7) is 0.385. The molecule has 1 aliphatic rings. The number of fused-ring (bicyclic) bond motifs is 1. The highest BCUT2D eigenvalue weighted by atomic mass is 35.5. The number of hydrogen-bond donors (Lipinski definition) is 1. The molecule has 1 amide bonds. The van der Waals surface area contributed by atoms with Crippen molar-refractivity contribution in [3.63, 3.8) is 0 Å². The molecule has 7 nitrogen and oxygen atoms in total. The molecule has 0 spiro atoms. The average Bonchev–Trinajstić information content (AvgIpc) is 3.13. The van der Waals surface area contributed by atoms with E-state index < -0.39 is 0 Å². The third-order valence-corrected chi connectivity index (χ3v) is 3.05. The molecule has 110 valence electrons. The Balaban J connectivity index is 1.68. The number of carbonyl (C=O) groups is 1. The van der Waals surface area contributed by atoms with Gasteiger partial charge in [0.1, 0.15) is 0 Å². The van der Waals surface area contributed by atoms with E-state index in [0.717, 1.165) is 5.56 Å². The lowest BCUT2D eigenvalue weighted by atomic mass is 10.2. The zero-order valence-corrected chi connectivity index (χ0v) is 11.7. The lowest BCUT2D eigenvalue weighted by Crippen LogP contribution is -2.22. The molecule has 1 aliphatic heterocycles. The van der Waals surface area contributed by atoms with Crippen molar-refractivity contribution >= 4 is 17.5 Å². The maximum Gasteiger partial charge on any atom is 0.246 e. The third-order valence-electron chi connectivity index (χ3n) is 2.86. The Kier molecular flexibility index (Phi) is 3.92. The number of amides is 1. The molecule has 1 aromatic carbocycles. The van der Waals surface area contributed by atoms with Gasteiger partial charge in [0.25, 0.3) is 0 Å². The molecule has 3 rings (SSSR count). The van der Waals surface area contributed by atoms with E-state index in [-0.39, 0.29) is 31.5 Å². The fourth-order valence-corrected chi connectivity index (χ4v) is 2.00. The van der Waals surface area contributed by atoms with Crippen molar-refractivity contribution in [2.45, 2.75) is 13.0 Å². The number of alkyl halides is 1. The Bertz CT molecular complexity index is 659. The molecular weight excluding hydrogens is 298 g/mol. The van der Waals surface area contributed by atoms with Crippen molar-refractivity contribution in [1.82, 2.24) is 15.5 Å². The van der Waals surface area contributed by atoms with E-state index >= 15 is 0 Å². The van der Waals surface area contributed by atoms with Crippen LogP contribution in [-0.4, -0.2) is 28.7 Å². The molecule has 1 N–H and O–H groups in total. The van der Waals surface area contributed by atoms with Crippen LogP contribution in [0.15, 0.2) is 22.7 Å². The number of nitrogens with one attached hydrogen (secondary N) is 1. The van der Waals surface area contributed by atoms with Crippen molar-refractivity contribution in [3.05, 3.63) is 24.1 Å². The van der Waals surface area contributed by atoms with Crippen LogP contribution in [-0.2, 0) is 11.3 Å². The predicted molar refractivity (Wildman–Crippen MR) is 73.0 cm³/mol. The number of ether oxygens (including phenoxy) is 2. The van der Waals surface area contributed by atoms with E-state index in [2.05, 4.69) is 15.5 Å². The summed E-state index contributed by atoms with van der Waals surface area (Å²) < 4.78 is 15.6. The molecule has 0 radical (unpaired) electrons. The quantitative estimate of drug-likeness (QED) is 0.846.